The predicted molar refractivity (Wildman–Crippen MR) is 96.7 cm³/mol. The Balaban J connectivity index is 1.77. The number of benzene rings is 1. The number of carbonyl (C=O) groups is 1. The summed E-state index contributed by atoms with van der Waals surface area (Å²) < 4.78 is 6.85. The fourth-order valence-corrected chi connectivity index (χ4v) is 2.25. The molecule has 0 unspecified atom stereocenters. The van der Waals surface area contributed by atoms with Crippen LogP contribution in [0, 0.1) is 0 Å². The van der Waals surface area contributed by atoms with Crippen LogP contribution < -0.4 is 10.1 Å². The summed E-state index contributed by atoms with van der Waals surface area (Å²) in [6.07, 6.45) is 1.59. The van der Waals surface area contributed by atoms with E-state index < -0.39 is 0 Å². The van der Waals surface area contributed by atoms with Gasteiger partial charge in [-0.2, -0.15) is 0 Å². The number of methoxy groups -OCH3 is 1. The average molecular weight is 345 g/mol. The van der Waals surface area contributed by atoms with Crippen LogP contribution in [0.15, 0.2) is 30.6 Å². The summed E-state index contributed by atoms with van der Waals surface area (Å²) in [7, 11) is 3.67. The summed E-state index contributed by atoms with van der Waals surface area (Å²) in [5, 5.41) is 7.09. The van der Waals surface area contributed by atoms with Gasteiger partial charge in [0.2, 0.25) is 5.82 Å². The number of amides is 1. The molecule has 25 heavy (non-hydrogen) atoms. The third kappa shape index (κ3) is 5.56. The van der Waals surface area contributed by atoms with E-state index in [4.69, 9.17) is 4.74 Å². The molecule has 7 heteroatoms. The highest BCUT2D eigenvalue weighted by Crippen LogP contribution is 2.12. The van der Waals surface area contributed by atoms with Gasteiger partial charge in [0.1, 0.15) is 12.1 Å². The minimum absolute atomic E-state index is 0.190. The molecule has 0 fully saturated rings. The maximum absolute atomic E-state index is 12.1. The van der Waals surface area contributed by atoms with E-state index >= 15 is 0 Å². The van der Waals surface area contributed by atoms with Crippen LogP contribution in [0.1, 0.15) is 37.0 Å². The summed E-state index contributed by atoms with van der Waals surface area (Å²) in [6.45, 7) is 8.11. The van der Waals surface area contributed by atoms with Gasteiger partial charge in [0, 0.05) is 19.6 Å². The van der Waals surface area contributed by atoms with Crippen LogP contribution in [0.5, 0.6) is 5.75 Å². The second-order valence-corrected chi connectivity index (χ2v) is 7.03. The summed E-state index contributed by atoms with van der Waals surface area (Å²) in [5.41, 5.74) is 1.00. The van der Waals surface area contributed by atoms with E-state index in [-0.39, 0.29) is 17.3 Å². The number of aromatic nitrogens is 3. The molecule has 0 aliphatic rings. The number of likely N-dealkylation sites (N-methyl/N-ethyl adjacent to an activating group) is 1. The van der Waals surface area contributed by atoms with Crippen LogP contribution >= 0.6 is 0 Å². The first-order chi connectivity index (χ1) is 11.8. The van der Waals surface area contributed by atoms with E-state index in [2.05, 4.69) is 20.3 Å². The Bertz CT molecular complexity index is 688. The summed E-state index contributed by atoms with van der Waals surface area (Å²) in [6, 6.07) is 7.97. The zero-order valence-electron chi connectivity index (χ0n) is 15.6. The van der Waals surface area contributed by atoms with Crippen molar-refractivity contribution in [1.29, 1.82) is 0 Å². The van der Waals surface area contributed by atoms with Crippen molar-refractivity contribution in [3.8, 4) is 5.75 Å². The van der Waals surface area contributed by atoms with E-state index in [1.54, 1.807) is 18.1 Å². The molecule has 1 aromatic carbocycles. The number of rotatable bonds is 7. The monoisotopic (exact) mass is 345 g/mol. The van der Waals surface area contributed by atoms with Crippen molar-refractivity contribution in [2.45, 2.75) is 32.9 Å². The standard InChI is InChI=1S/C18H27N5O2/c1-18(2,3)23-13-20-16(21-23)17(24)19-10-11-22(4)12-14-6-8-15(25-5)9-7-14/h6-9,13H,10-12H2,1-5H3,(H,19,24). The van der Waals surface area contributed by atoms with Crippen molar-refractivity contribution in [2.75, 3.05) is 27.2 Å². The lowest BCUT2D eigenvalue weighted by atomic mass is 10.1. The van der Waals surface area contributed by atoms with E-state index in [9.17, 15) is 4.79 Å². The lowest BCUT2D eigenvalue weighted by molar-refractivity contribution is 0.0938. The highest BCUT2D eigenvalue weighted by molar-refractivity contribution is 5.90. The van der Waals surface area contributed by atoms with Crippen LogP contribution in [0.3, 0.4) is 0 Å². The minimum atomic E-state index is -0.249. The van der Waals surface area contributed by atoms with Crippen LogP contribution in [-0.4, -0.2) is 52.8 Å². The van der Waals surface area contributed by atoms with Gasteiger partial charge in [-0.05, 0) is 45.5 Å². The Morgan fingerprint density at radius 3 is 2.52 bits per heavy atom. The van der Waals surface area contributed by atoms with Gasteiger partial charge >= 0.3 is 0 Å². The molecule has 7 nitrogen and oxygen atoms in total. The molecule has 0 saturated heterocycles. The molecule has 1 heterocycles. The minimum Gasteiger partial charge on any atom is -0.497 e. The zero-order chi connectivity index (χ0) is 18.4. The Labute approximate surface area is 149 Å². The molecule has 136 valence electrons. The van der Waals surface area contributed by atoms with Gasteiger partial charge < -0.3 is 15.0 Å². The molecule has 0 saturated carbocycles. The van der Waals surface area contributed by atoms with Crippen LogP contribution in [0.25, 0.3) is 0 Å². The smallest absolute Gasteiger partial charge is 0.290 e. The molecule has 0 atom stereocenters. The molecular formula is C18H27N5O2. The van der Waals surface area contributed by atoms with Gasteiger partial charge in [-0.3, -0.25) is 4.79 Å². The lowest BCUT2D eigenvalue weighted by Crippen LogP contribution is -2.33. The number of hydrogen-bond acceptors (Lipinski definition) is 5. The third-order valence-electron chi connectivity index (χ3n) is 3.77. The fraction of sp³-hybridized carbons (Fsp3) is 0.500. The molecule has 0 radical (unpaired) electrons. The SMILES string of the molecule is COc1ccc(CN(C)CCNC(=O)c2ncn(C(C)(C)C)n2)cc1. The maximum Gasteiger partial charge on any atom is 0.290 e. The quantitative estimate of drug-likeness (QED) is 0.830. The first-order valence-electron chi connectivity index (χ1n) is 8.31. The topological polar surface area (TPSA) is 72.3 Å². The third-order valence-corrected chi connectivity index (χ3v) is 3.77. The molecular weight excluding hydrogens is 318 g/mol. The van der Waals surface area contributed by atoms with Crippen molar-refractivity contribution in [2.24, 2.45) is 0 Å². The largest absolute Gasteiger partial charge is 0.497 e. The van der Waals surface area contributed by atoms with Gasteiger partial charge in [0.15, 0.2) is 0 Å². The van der Waals surface area contributed by atoms with Crippen molar-refractivity contribution in [3.63, 3.8) is 0 Å². The second-order valence-electron chi connectivity index (χ2n) is 7.03. The molecule has 0 aliphatic heterocycles. The van der Waals surface area contributed by atoms with E-state index in [1.807, 2.05) is 52.1 Å². The highest BCUT2D eigenvalue weighted by atomic mass is 16.5. The molecule has 1 amide bonds. The number of carbonyl (C=O) groups excluding carboxylic acids is 1. The van der Waals surface area contributed by atoms with Crippen LogP contribution in [-0.2, 0) is 12.1 Å². The van der Waals surface area contributed by atoms with Gasteiger partial charge in [-0.25, -0.2) is 9.67 Å². The normalized spacial score (nSPS) is 11.6. The number of hydrogen-bond donors (Lipinski definition) is 1. The molecule has 0 bridgehead atoms. The fourth-order valence-electron chi connectivity index (χ4n) is 2.25. The Hall–Kier alpha value is -2.41. The average Bonchev–Trinajstić information content (AvgIpc) is 3.06. The summed E-state index contributed by atoms with van der Waals surface area (Å²) in [5.74, 6) is 0.800. The molecule has 2 aromatic rings. The van der Waals surface area contributed by atoms with E-state index in [0.29, 0.717) is 6.54 Å². The van der Waals surface area contributed by atoms with Gasteiger partial charge in [0.05, 0.1) is 12.6 Å². The van der Waals surface area contributed by atoms with Crippen LogP contribution in [0.2, 0.25) is 0 Å². The van der Waals surface area contributed by atoms with E-state index in [1.165, 1.54) is 5.56 Å². The first-order valence-corrected chi connectivity index (χ1v) is 8.31. The first kappa shape index (κ1) is 18.9. The molecule has 0 spiro atoms. The Kier molecular flexibility index (Phi) is 6.14. The Morgan fingerprint density at radius 1 is 1.28 bits per heavy atom. The van der Waals surface area contributed by atoms with Crippen molar-refractivity contribution >= 4 is 5.91 Å². The lowest BCUT2D eigenvalue weighted by Gasteiger charge is -2.18. The number of nitrogens with one attached hydrogen (secondary N) is 1. The second kappa shape index (κ2) is 8.11. The summed E-state index contributed by atoms with van der Waals surface area (Å²) >= 11 is 0. The van der Waals surface area contributed by atoms with Gasteiger partial charge in [-0.15, -0.1) is 5.10 Å². The number of nitrogens with zero attached hydrogens (tertiary/aromatic N) is 4. The zero-order valence-corrected chi connectivity index (χ0v) is 15.6. The van der Waals surface area contributed by atoms with E-state index in [0.717, 1.165) is 18.8 Å². The van der Waals surface area contributed by atoms with Gasteiger partial charge in [-0.1, -0.05) is 12.1 Å². The Morgan fingerprint density at radius 2 is 1.96 bits per heavy atom. The predicted octanol–water partition coefficient (Wildman–Crippen LogP) is 1.90. The molecule has 1 aromatic heterocycles. The molecule has 1 N–H and O–H groups in total. The van der Waals surface area contributed by atoms with Crippen LogP contribution in [0.4, 0.5) is 0 Å². The maximum atomic E-state index is 12.1. The van der Waals surface area contributed by atoms with Crippen molar-refractivity contribution in [1.82, 2.24) is 25.0 Å². The summed E-state index contributed by atoms with van der Waals surface area (Å²) in [4.78, 5) is 18.3. The van der Waals surface area contributed by atoms with Crippen molar-refractivity contribution in [3.05, 3.63) is 42.0 Å². The molecule has 0 aliphatic carbocycles. The van der Waals surface area contributed by atoms with Crippen molar-refractivity contribution < 1.29 is 9.53 Å². The number of ether oxygens (including phenoxy) is 1. The molecule has 2 rings (SSSR count). The van der Waals surface area contributed by atoms with Gasteiger partial charge in [0.25, 0.3) is 5.91 Å². The highest BCUT2D eigenvalue weighted by Gasteiger charge is 2.18.